The minimum absolute atomic E-state index is 0.108. The van der Waals surface area contributed by atoms with Gasteiger partial charge >= 0.3 is 5.97 Å². The molecule has 0 saturated carbocycles. The van der Waals surface area contributed by atoms with Crippen molar-refractivity contribution in [1.82, 2.24) is 5.32 Å². The van der Waals surface area contributed by atoms with Crippen LogP contribution in [0.15, 0.2) is 5.11 Å². The van der Waals surface area contributed by atoms with Gasteiger partial charge < -0.3 is 35.1 Å². The van der Waals surface area contributed by atoms with Gasteiger partial charge in [0.05, 0.1) is 52.9 Å². The number of hydrogen-bond acceptors (Lipinski definition) is 8. The highest BCUT2D eigenvalue weighted by Crippen LogP contribution is 1.98. The molecule has 0 aromatic heterocycles. The summed E-state index contributed by atoms with van der Waals surface area (Å²) in [6.45, 7) is 4.05. The minimum Gasteiger partial charge on any atom is -0.480 e. The fraction of sp³-hybridized carbons (Fsp3) is 0.882. The summed E-state index contributed by atoms with van der Waals surface area (Å²) in [5.41, 5.74) is 13.5. The van der Waals surface area contributed by atoms with Crippen molar-refractivity contribution in [2.45, 2.75) is 31.7 Å². The normalized spacial score (nSPS) is 11.6. The summed E-state index contributed by atoms with van der Waals surface area (Å²) < 4.78 is 21.1. The van der Waals surface area contributed by atoms with Crippen LogP contribution in [0.2, 0.25) is 0 Å². The number of amides is 1. The zero-order chi connectivity index (χ0) is 21.6. The van der Waals surface area contributed by atoms with Crippen molar-refractivity contribution in [2.24, 2.45) is 10.8 Å². The Hall–Kier alpha value is -1.95. The first-order chi connectivity index (χ1) is 14.1. The lowest BCUT2D eigenvalue weighted by molar-refractivity contribution is -0.138. The Morgan fingerprint density at radius 3 is 2.07 bits per heavy atom. The number of unbranched alkanes of at least 4 members (excludes halogenated alkanes) is 1. The maximum absolute atomic E-state index is 11.6. The minimum atomic E-state index is -1.01. The topological polar surface area (TPSA) is 178 Å². The Morgan fingerprint density at radius 2 is 1.52 bits per heavy atom. The Kier molecular flexibility index (Phi) is 19.4. The number of rotatable bonds is 21. The van der Waals surface area contributed by atoms with Gasteiger partial charge in [-0.1, -0.05) is 5.11 Å². The van der Waals surface area contributed by atoms with Gasteiger partial charge in [-0.05, 0) is 24.8 Å². The second-order valence-electron chi connectivity index (χ2n) is 5.94. The summed E-state index contributed by atoms with van der Waals surface area (Å²) in [4.78, 5) is 24.8. The maximum Gasteiger partial charge on any atom is 0.320 e. The monoisotopic (exact) mass is 419 g/mol. The van der Waals surface area contributed by atoms with Crippen LogP contribution in [-0.4, -0.2) is 89.0 Å². The van der Waals surface area contributed by atoms with Crippen LogP contribution in [0.4, 0.5) is 0 Å². The second kappa shape index (κ2) is 20.8. The molecule has 0 aliphatic rings. The van der Waals surface area contributed by atoms with E-state index in [0.29, 0.717) is 85.2 Å². The number of aliphatic carboxylic acids is 1. The van der Waals surface area contributed by atoms with Crippen LogP contribution < -0.4 is 11.1 Å². The Labute approximate surface area is 170 Å². The third-order valence-corrected chi connectivity index (χ3v) is 3.57. The van der Waals surface area contributed by atoms with Gasteiger partial charge in [0.1, 0.15) is 6.04 Å². The van der Waals surface area contributed by atoms with Gasteiger partial charge in [-0.25, -0.2) is 0 Å². The van der Waals surface area contributed by atoms with Crippen molar-refractivity contribution in [1.29, 1.82) is 0 Å². The molecular weight excluding hydrogens is 386 g/mol. The average molecular weight is 419 g/mol. The lowest BCUT2D eigenvalue weighted by Gasteiger charge is -2.08. The third kappa shape index (κ3) is 20.6. The van der Waals surface area contributed by atoms with E-state index in [1.165, 1.54) is 0 Å². The van der Waals surface area contributed by atoms with Crippen molar-refractivity contribution in [2.75, 3.05) is 65.9 Å². The van der Waals surface area contributed by atoms with Crippen LogP contribution >= 0.6 is 0 Å². The molecule has 168 valence electrons. The summed E-state index contributed by atoms with van der Waals surface area (Å²) in [5, 5.41) is 14.7. The fourth-order valence-electron chi connectivity index (χ4n) is 2.01. The lowest BCUT2D eigenvalue weighted by Crippen LogP contribution is -2.30. The highest BCUT2D eigenvalue weighted by molar-refractivity contribution is 5.75. The standard InChI is InChI=1S/C17H33N5O7/c18-15(17(24)25)3-1-2-5-20-16(23)4-7-26-9-11-28-13-14-29-12-10-27-8-6-21-22-19/h15H,1-14,18H2,(H,20,23)(H,24,25)/t15-/m0/s1. The average Bonchev–Trinajstić information content (AvgIpc) is 2.70. The molecule has 29 heavy (non-hydrogen) atoms. The van der Waals surface area contributed by atoms with E-state index in [1.54, 1.807) is 0 Å². The van der Waals surface area contributed by atoms with E-state index in [-0.39, 0.29) is 12.3 Å². The van der Waals surface area contributed by atoms with E-state index >= 15 is 0 Å². The number of carboxylic acids is 1. The molecule has 12 nitrogen and oxygen atoms in total. The van der Waals surface area contributed by atoms with Gasteiger partial charge in [-0.15, -0.1) is 0 Å². The van der Waals surface area contributed by atoms with Crippen molar-refractivity contribution in [3.8, 4) is 0 Å². The summed E-state index contributed by atoms with van der Waals surface area (Å²) in [6.07, 6.45) is 1.99. The quantitative estimate of drug-likeness (QED) is 0.104. The number of carboxylic acid groups (broad SMARTS) is 1. The van der Waals surface area contributed by atoms with Crippen molar-refractivity contribution in [3.63, 3.8) is 0 Å². The van der Waals surface area contributed by atoms with Gasteiger partial charge in [-0.2, -0.15) is 0 Å². The van der Waals surface area contributed by atoms with Gasteiger partial charge in [0.25, 0.3) is 0 Å². The number of azide groups is 1. The van der Waals surface area contributed by atoms with E-state index in [9.17, 15) is 9.59 Å². The van der Waals surface area contributed by atoms with E-state index in [1.807, 2.05) is 0 Å². The number of carbonyl (C=O) groups excluding carboxylic acids is 1. The van der Waals surface area contributed by atoms with Crippen LogP contribution in [0, 0.1) is 0 Å². The number of nitrogens with two attached hydrogens (primary N) is 1. The van der Waals surface area contributed by atoms with Crippen molar-refractivity contribution < 1.29 is 33.6 Å². The summed E-state index contributed by atoms with van der Waals surface area (Å²) >= 11 is 0. The SMILES string of the molecule is [N-]=[N+]=NCCOCCOCCOCCOCCC(=O)NCCCC[C@H](N)C(=O)O. The first-order valence-electron chi connectivity index (χ1n) is 9.64. The molecular formula is C17H33N5O7. The Bertz CT molecular complexity index is 475. The second-order valence-corrected chi connectivity index (χ2v) is 5.94. The van der Waals surface area contributed by atoms with E-state index in [2.05, 4.69) is 15.3 Å². The number of ether oxygens (including phenoxy) is 4. The van der Waals surface area contributed by atoms with Crippen LogP contribution in [-0.2, 0) is 28.5 Å². The van der Waals surface area contributed by atoms with Crippen LogP contribution in [0.25, 0.3) is 10.4 Å². The van der Waals surface area contributed by atoms with E-state index in [4.69, 9.17) is 35.3 Å². The fourth-order valence-corrected chi connectivity index (χ4v) is 2.01. The highest BCUT2D eigenvalue weighted by Gasteiger charge is 2.10. The first-order valence-corrected chi connectivity index (χ1v) is 9.64. The van der Waals surface area contributed by atoms with E-state index in [0.717, 1.165) is 0 Å². The zero-order valence-corrected chi connectivity index (χ0v) is 16.8. The Balaban J connectivity index is 3.23. The molecule has 0 saturated heterocycles. The van der Waals surface area contributed by atoms with Crippen LogP contribution in [0.3, 0.4) is 0 Å². The molecule has 0 aromatic carbocycles. The molecule has 0 fully saturated rings. The highest BCUT2D eigenvalue weighted by atomic mass is 16.6. The molecule has 0 heterocycles. The predicted molar refractivity (Wildman–Crippen MR) is 104 cm³/mol. The summed E-state index contributed by atoms with van der Waals surface area (Å²) in [5.74, 6) is -1.11. The molecule has 0 spiro atoms. The zero-order valence-electron chi connectivity index (χ0n) is 16.8. The maximum atomic E-state index is 11.6. The van der Waals surface area contributed by atoms with Gasteiger partial charge in [-0.3, -0.25) is 9.59 Å². The van der Waals surface area contributed by atoms with E-state index < -0.39 is 12.0 Å². The predicted octanol–water partition coefficient (Wildman–Crippen LogP) is 0.452. The number of nitrogens with zero attached hydrogens (tertiary/aromatic N) is 3. The van der Waals surface area contributed by atoms with Gasteiger partial charge in [0.2, 0.25) is 5.91 Å². The Morgan fingerprint density at radius 1 is 0.966 bits per heavy atom. The van der Waals surface area contributed by atoms with Crippen molar-refractivity contribution in [3.05, 3.63) is 10.4 Å². The molecule has 1 atom stereocenters. The molecule has 0 rings (SSSR count). The van der Waals surface area contributed by atoms with Crippen LogP contribution in [0.1, 0.15) is 25.7 Å². The number of hydrogen-bond donors (Lipinski definition) is 3. The largest absolute Gasteiger partial charge is 0.480 e. The number of nitrogens with one attached hydrogen (secondary N) is 1. The molecule has 0 unspecified atom stereocenters. The smallest absolute Gasteiger partial charge is 0.320 e. The molecule has 0 aromatic rings. The lowest BCUT2D eigenvalue weighted by atomic mass is 10.1. The molecule has 1 amide bonds. The third-order valence-electron chi connectivity index (χ3n) is 3.57. The molecule has 4 N–H and O–H groups in total. The first kappa shape index (κ1) is 27.0. The molecule has 0 aliphatic carbocycles. The molecule has 0 radical (unpaired) electrons. The number of carbonyl (C=O) groups is 2. The molecule has 12 heteroatoms. The summed E-state index contributed by atoms with van der Waals surface area (Å²) in [6, 6.07) is -0.844. The van der Waals surface area contributed by atoms with Crippen LogP contribution in [0.5, 0.6) is 0 Å². The molecule has 0 aliphatic heterocycles. The van der Waals surface area contributed by atoms with Crippen molar-refractivity contribution >= 4 is 11.9 Å². The van der Waals surface area contributed by atoms with Gasteiger partial charge in [0.15, 0.2) is 0 Å². The molecule has 0 bridgehead atoms. The van der Waals surface area contributed by atoms with Gasteiger partial charge in [0, 0.05) is 24.4 Å². The summed E-state index contributed by atoms with van der Waals surface area (Å²) in [7, 11) is 0.